The van der Waals surface area contributed by atoms with Crippen LogP contribution in [0.15, 0.2) is 32.7 Å². The quantitative estimate of drug-likeness (QED) is 0.675. The minimum absolute atomic E-state index is 0.379. The fraction of sp³-hybridized carbons (Fsp3) is 0.421. The van der Waals surface area contributed by atoms with Crippen LogP contribution in [0.2, 0.25) is 0 Å². The molecule has 0 bridgehead atoms. The van der Waals surface area contributed by atoms with Gasteiger partial charge in [0.15, 0.2) is 11.2 Å². The van der Waals surface area contributed by atoms with Crippen molar-refractivity contribution in [1.82, 2.24) is 19.1 Å². The van der Waals surface area contributed by atoms with Crippen molar-refractivity contribution in [2.24, 2.45) is 7.05 Å². The van der Waals surface area contributed by atoms with E-state index < -0.39 is 0 Å². The second-order valence-corrected chi connectivity index (χ2v) is 7.60. The Morgan fingerprint density at radius 2 is 2.00 bits per heavy atom. The van der Waals surface area contributed by atoms with E-state index in [-0.39, 0.29) is 11.2 Å². The van der Waals surface area contributed by atoms with Gasteiger partial charge in [-0.05, 0) is 31.9 Å². The minimum Gasteiger partial charge on any atom is -0.325 e. The summed E-state index contributed by atoms with van der Waals surface area (Å²) in [7, 11) is 1.83. The van der Waals surface area contributed by atoms with Crippen molar-refractivity contribution in [2.75, 3.05) is 0 Å². The summed E-state index contributed by atoms with van der Waals surface area (Å²) in [5, 5.41) is 0. The summed E-state index contributed by atoms with van der Waals surface area (Å²) in [6.45, 7) is 6.79. The van der Waals surface area contributed by atoms with Crippen LogP contribution in [-0.4, -0.2) is 19.1 Å². The van der Waals surface area contributed by atoms with Crippen molar-refractivity contribution in [3.63, 3.8) is 0 Å². The number of aromatic amines is 1. The Morgan fingerprint density at radius 1 is 1.23 bits per heavy atom. The van der Waals surface area contributed by atoms with Crippen LogP contribution in [0.4, 0.5) is 0 Å². The Kier molecular flexibility index (Phi) is 5.36. The molecule has 1 N–H and O–H groups in total. The molecule has 0 unspecified atom stereocenters. The van der Waals surface area contributed by atoms with Crippen LogP contribution < -0.4 is 11.2 Å². The second kappa shape index (κ2) is 7.53. The van der Waals surface area contributed by atoms with Crippen molar-refractivity contribution >= 4 is 22.9 Å². The molecular formula is C19H24N4O2S. The lowest BCUT2D eigenvalue weighted by atomic mass is 10.2. The van der Waals surface area contributed by atoms with Gasteiger partial charge in [-0.1, -0.05) is 31.0 Å². The lowest BCUT2D eigenvalue weighted by molar-refractivity contribution is 0.613. The van der Waals surface area contributed by atoms with Crippen LogP contribution in [0, 0.1) is 13.8 Å². The van der Waals surface area contributed by atoms with E-state index >= 15 is 0 Å². The highest BCUT2D eigenvalue weighted by Gasteiger charge is 2.16. The van der Waals surface area contributed by atoms with Crippen LogP contribution in [0.25, 0.3) is 11.2 Å². The molecule has 6 nitrogen and oxygen atoms in total. The van der Waals surface area contributed by atoms with E-state index in [0.29, 0.717) is 23.5 Å². The summed E-state index contributed by atoms with van der Waals surface area (Å²) in [6, 6.07) is 6.37. The van der Waals surface area contributed by atoms with Gasteiger partial charge in [0, 0.05) is 18.5 Å². The SMILES string of the molecule is CCCCn1c(=O)[nH]c(=O)c2c1nc(CSc1cc(C)ccc1C)n2C. The molecule has 0 radical (unpaired) electrons. The first-order valence-corrected chi connectivity index (χ1v) is 9.79. The van der Waals surface area contributed by atoms with Gasteiger partial charge in [-0.15, -0.1) is 11.8 Å². The number of H-pyrrole nitrogens is 1. The van der Waals surface area contributed by atoms with Gasteiger partial charge in [-0.3, -0.25) is 14.3 Å². The predicted octanol–water partition coefficient (Wildman–Crippen LogP) is 3.13. The van der Waals surface area contributed by atoms with E-state index in [1.54, 1.807) is 20.9 Å². The van der Waals surface area contributed by atoms with E-state index in [9.17, 15) is 9.59 Å². The van der Waals surface area contributed by atoms with E-state index in [1.807, 2.05) is 7.05 Å². The van der Waals surface area contributed by atoms with E-state index in [0.717, 1.165) is 18.7 Å². The molecule has 0 spiro atoms. The number of nitrogens with zero attached hydrogens (tertiary/aromatic N) is 3. The topological polar surface area (TPSA) is 72.7 Å². The van der Waals surface area contributed by atoms with Crippen molar-refractivity contribution in [2.45, 2.75) is 50.8 Å². The summed E-state index contributed by atoms with van der Waals surface area (Å²) in [4.78, 5) is 32.8. The van der Waals surface area contributed by atoms with E-state index in [2.05, 4.69) is 48.9 Å². The fourth-order valence-electron chi connectivity index (χ4n) is 2.95. The van der Waals surface area contributed by atoms with Crippen molar-refractivity contribution < 1.29 is 0 Å². The lowest BCUT2D eigenvalue weighted by Gasteiger charge is -2.06. The highest BCUT2D eigenvalue weighted by atomic mass is 32.2. The Labute approximate surface area is 156 Å². The molecule has 0 aliphatic carbocycles. The molecule has 0 aliphatic heterocycles. The first-order chi connectivity index (χ1) is 12.4. The average Bonchev–Trinajstić information content (AvgIpc) is 2.92. The normalized spacial score (nSPS) is 11.4. The molecule has 0 fully saturated rings. The second-order valence-electron chi connectivity index (χ2n) is 6.58. The van der Waals surface area contributed by atoms with E-state index in [4.69, 9.17) is 0 Å². The number of rotatable bonds is 6. The highest BCUT2D eigenvalue weighted by Crippen LogP contribution is 2.27. The Balaban J connectivity index is 2.00. The maximum Gasteiger partial charge on any atom is 0.330 e. The Morgan fingerprint density at radius 3 is 2.73 bits per heavy atom. The third-order valence-corrected chi connectivity index (χ3v) is 5.69. The zero-order chi connectivity index (χ0) is 18.8. The van der Waals surface area contributed by atoms with Crippen LogP contribution in [0.3, 0.4) is 0 Å². The average molecular weight is 372 g/mol. The number of fused-ring (bicyclic) bond motifs is 1. The largest absolute Gasteiger partial charge is 0.330 e. The third kappa shape index (κ3) is 3.49. The summed E-state index contributed by atoms with van der Waals surface area (Å²) in [5.41, 5.74) is 2.60. The molecule has 2 heterocycles. The number of nitrogens with one attached hydrogen (secondary N) is 1. The zero-order valence-corrected chi connectivity index (χ0v) is 16.4. The number of imidazole rings is 1. The van der Waals surface area contributed by atoms with Crippen molar-refractivity contribution in [1.29, 1.82) is 0 Å². The number of aromatic nitrogens is 4. The van der Waals surface area contributed by atoms with Crippen LogP contribution in [0.1, 0.15) is 36.7 Å². The van der Waals surface area contributed by atoms with Gasteiger partial charge in [0.05, 0.1) is 5.75 Å². The minimum atomic E-state index is -0.386. The van der Waals surface area contributed by atoms with Crippen molar-refractivity contribution in [3.05, 3.63) is 56.0 Å². The van der Waals surface area contributed by atoms with Gasteiger partial charge in [0.1, 0.15) is 5.82 Å². The molecule has 0 saturated heterocycles. The molecule has 0 saturated carbocycles. The first kappa shape index (κ1) is 18.5. The maximum absolute atomic E-state index is 12.3. The number of aryl methyl sites for hydroxylation is 4. The molecule has 0 atom stereocenters. The molecule has 1 aromatic carbocycles. The van der Waals surface area contributed by atoms with Crippen LogP contribution in [0.5, 0.6) is 0 Å². The van der Waals surface area contributed by atoms with Gasteiger partial charge >= 0.3 is 5.69 Å². The molecule has 7 heteroatoms. The monoisotopic (exact) mass is 372 g/mol. The van der Waals surface area contributed by atoms with Crippen molar-refractivity contribution in [3.8, 4) is 0 Å². The standard InChI is InChI=1S/C19H24N4O2S/c1-5-6-9-23-17-16(18(24)21-19(23)25)22(4)15(20-17)11-26-14-10-12(2)7-8-13(14)3/h7-8,10H,5-6,9,11H2,1-4H3,(H,21,24,25). The Bertz CT molecular complexity index is 1060. The molecule has 26 heavy (non-hydrogen) atoms. The third-order valence-electron chi connectivity index (χ3n) is 4.54. The highest BCUT2D eigenvalue weighted by molar-refractivity contribution is 7.98. The molecule has 2 aromatic heterocycles. The molecule has 3 aromatic rings. The summed E-state index contributed by atoms with van der Waals surface area (Å²) in [6.07, 6.45) is 1.83. The summed E-state index contributed by atoms with van der Waals surface area (Å²) in [5.74, 6) is 1.42. The predicted molar refractivity (Wildman–Crippen MR) is 106 cm³/mol. The molecule has 0 aliphatic rings. The number of thioether (sulfide) groups is 1. The molecule has 0 amide bonds. The number of unbranched alkanes of at least 4 members (excludes halogenated alkanes) is 1. The van der Waals surface area contributed by atoms with Gasteiger partial charge < -0.3 is 4.57 Å². The fourth-order valence-corrected chi connectivity index (χ4v) is 4.06. The van der Waals surface area contributed by atoms with Gasteiger partial charge in [0.2, 0.25) is 0 Å². The number of hydrogen-bond acceptors (Lipinski definition) is 4. The summed E-state index contributed by atoms with van der Waals surface area (Å²) < 4.78 is 3.38. The summed E-state index contributed by atoms with van der Waals surface area (Å²) >= 11 is 1.69. The lowest BCUT2D eigenvalue weighted by Crippen LogP contribution is -2.31. The molecule has 138 valence electrons. The maximum atomic E-state index is 12.3. The van der Waals surface area contributed by atoms with Gasteiger partial charge in [-0.2, -0.15) is 0 Å². The number of hydrogen-bond donors (Lipinski definition) is 1. The smallest absolute Gasteiger partial charge is 0.325 e. The number of benzene rings is 1. The zero-order valence-electron chi connectivity index (χ0n) is 15.6. The van der Waals surface area contributed by atoms with Crippen LogP contribution in [-0.2, 0) is 19.3 Å². The molecular weight excluding hydrogens is 348 g/mol. The van der Waals surface area contributed by atoms with Crippen LogP contribution >= 0.6 is 11.8 Å². The van der Waals surface area contributed by atoms with Gasteiger partial charge in [0.25, 0.3) is 5.56 Å². The van der Waals surface area contributed by atoms with Gasteiger partial charge in [-0.25, -0.2) is 9.78 Å². The first-order valence-electron chi connectivity index (χ1n) is 8.80. The van der Waals surface area contributed by atoms with E-state index in [1.165, 1.54) is 16.0 Å². The Hall–Kier alpha value is -2.28. The molecule has 3 rings (SSSR count).